The van der Waals surface area contributed by atoms with Crippen LogP contribution in [0.5, 0.6) is 5.75 Å². The molecule has 2 aliphatic rings. The summed E-state index contributed by atoms with van der Waals surface area (Å²) in [5.74, 6) is 1.25. The largest absolute Gasteiger partial charge is 0.496 e. The lowest BCUT2D eigenvalue weighted by atomic mass is 9.83. The predicted octanol–water partition coefficient (Wildman–Crippen LogP) is 3.73. The van der Waals surface area contributed by atoms with E-state index in [1.165, 1.54) is 45.2 Å². The van der Waals surface area contributed by atoms with Crippen LogP contribution in [-0.4, -0.2) is 43.6 Å². The van der Waals surface area contributed by atoms with Crippen LogP contribution < -0.4 is 15.7 Å². The molecule has 6 heteroatoms. The number of benzene rings is 1. The Kier molecular flexibility index (Phi) is 6.65. The first-order valence-corrected chi connectivity index (χ1v) is 11.6. The van der Waals surface area contributed by atoms with Crippen molar-refractivity contribution in [1.82, 2.24) is 10.2 Å². The zero-order valence-electron chi connectivity index (χ0n) is 19.0. The van der Waals surface area contributed by atoms with Gasteiger partial charge in [0.2, 0.25) is 5.91 Å². The Morgan fingerprint density at radius 2 is 1.97 bits per heavy atom. The van der Waals surface area contributed by atoms with Gasteiger partial charge in [0.05, 0.1) is 7.11 Å². The van der Waals surface area contributed by atoms with Crippen LogP contribution >= 0.6 is 0 Å². The molecule has 168 valence electrons. The zero-order chi connectivity index (χ0) is 22.0. The summed E-state index contributed by atoms with van der Waals surface area (Å²) in [6.45, 7) is 6.97. The molecule has 1 amide bonds. The molecule has 1 aromatic carbocycles. The molecule has 0 spiro atoms. The van der Waals surface area contributed by atoms with E-state index in [4.69, 9.17) is 9.15 Å². The highest BCUT2D eigenvalue weighted by Crippen LogP contribution is 2.31. The number of nitrogens with zero attached hydrogens (tertiary/aromatic N) is 1. The molecular formula is C25H34N2O4. The molecule has 4 rings (SSSR count). The monoisotopic (exact) mass is 426 g/mol. The fourth-order valence-electron chi connectivity index (χ4n) is 5.47. The van der Waals surface area contributed by atoms with Gasteiger partial charge in [0, 0.05) is 35.5 Å². The number of piperidine rings is 2. The third-order valence-corrected chi connectivity index (χ3v) is 7.27. The molecule has 2 aromatic rings. The van der Waals surface area contributed by atoms with Gasteiger partial charge in [-0.1, -0.05) is 6.42 Å². The average molecular weight is 427 g/mol. The number of nitrogens with one attached hydrogen (secondary N) is 1. The van der Waals surface area contributed by atoms with Gasteiger partial charge in [-0.15, -0.1) is 0 Å². The van der Waals surface area contributed by atoms with Crippen molar-refractivity contribution >= 4 is 16.9 Å². The van der Waals surface area contributed by atoms with E-state index in [9.17, 15) is 9.59 Å². The molecule has 2 aliphatic heterocycles. The van der Waals surface area contributed by atoms with Gasteiger partial charge in [-0.2, -0.15) is 0 Å². The predicted molar refractivity (Wildman–Crippen MR) is 122 cm³/mol. The number of carbonyl (C=O) groups excluding carboxylic acids is 1. The van der Waals surface area contributed by atoms with Crippen molar-refractivity contribution in [3.8, 4) is 5.75 Å². The molecular weight excluding hydrogens is 392 g/mol. The van der Waals surface area contributed by atoms with Crippen LogP contribution in [-0.2, 0) is 11.2 Å². The number of rotatable bonds is 6. The van der Waals surface area contributed by atoms with Crippen LogP contribution in [0.15, 0.2) is 21.3 Å². The first-order valence-electron chi connectivity index (χ1n) is 11.6. The van der Waals surface area contributed by atoms with E-state index in [1.54, 1.807) is 7.11 Å². The van der Waals surface area contributed by atoms with Crippen molar-refractivity contribution in [2.45, 2.75) is 64.8 Å². The minimum atomic E-state index is -0.362. The van der Waals surface area contributed by atoms with Crippen molar-refractivity contribution < 1.29 is 13.9 Å². The molecule has 0 unspecified atom stereocenters. The Morgan fingerprint density at radius 3 is 2.77 bits per heavy atom. The number of hydrogen-bond donors (Lipinski definition) is 1. The van der Waals surface area contributed by atoms with E-state index in [0.29, 0.717) is 41.7 Å². The maximum absolute atomic E-state index is 12.6. The first-order chi connectivity index (χ1) is 15.0. The van der Waals surface area contributed by atoms with Gasteiger partial charge in [-0.25, -0.2) is 4.79 Å². The Balaban J connectivity index is 1.39. The summed E-state index contributed by atoms with van der Waals surface area (Å²) in [5.41, 5.74) is 2.48. The van der Waals surface area contributed by atoms with E-state index in [2.05, 4.69) is 10.2 Å². The standard InChI is InChI=1S/C25H34N2O4/c1-16-19-9-11-22(30-3)17(2)24(19)31-25(29)20(16)10-12-23(28)26-15-18-7-6-14-27-13-5-4-8-21(18)27/h9,11,18,21H,4-8,10,12-15H2,1-3H3,(H,26,28)/t18-,21-/m1/s1. The van der Waals surface area contributed by atoms with Crippen molar-refractivity contribution in [2.24, 2.45) is 5.92 Å². The molecule has 0 bridgehead atoms. The lowest BCUT2D eigenvalue weighted by Crippen LogP contribution is -2.51. The lowest BCUT2D eigenvalue weighted by Gasteiger charge is -2.44. The van der Waals surface area contributed by atoms with Crippen LogP contribution in [0.4, 0.5) is 0 Å². The van der Waals surface area contributed by atoms with Gasteiger partial charge >= 0.3 is 5.63 Å². The summed E-state index contributed by atoms with van der Waals surface area (Å²) in [7, 11) is 1.60. The summed E-state index contributed by atoms with van der Waals surface area (Å²) in [6.07, 6.45) is 6.95. The molecule has 2 saturated heterocycles. The lowest BCUT2D eigenvalue weighted by molar-refractivity contribution is -0.121. The number of fused-ring (bicyclic) bond motifs is 2. The third kappa shape index (κ3) is 4.49. The third-order valence-electron chi connectivity index (χ3n) is 7.27. The van der Waals surface area contributed by atoms with Crippen molar-refractivity contribution in [1.29, 1.82) is 0 Å². The van der Waals surface area contributed by atoms with Crippen LogP contribution in [0, 0.1) is 19.8 Å². The second kappa shape index (κ2) is 9.43. The summed E-state index contributed by atoms with van der Waals surface area (Å²) in [6, 6.07) is 4.43. The molecule has 3 heterocycles. The summed E-state index contributed by atoms with van der Waals surface area (Å²) in [4.78, 5) is 27.8. The molecule has 1 N–H and O–H groups in total. The van der Waals surface area contributed by atoms with Crippen molar-refractivity contribution in [3.05, 3.63) is 39.2 Å². The zero-order valence-corrected chi connectivity index (χ0v) is 19.0. The van der Waals surface area contributed by atoms with Crippen molar-refractivity contribution in [2.75, 3.05) is 26.7 Å². The van der Waals surface area contributed by atoms with Gasteiger partial charge in [0.1, 0.15) is 11.3 Å². The normalized spacial score (nSPS) is 21.6. The highest BCUT2D eigenvalue weighted by Gasteiger charge is 2.32. The number of amides is 1. The van der Waals surface area contributed by atoms with Gasteiger partial charge in [-0.05, 0) is 82.7 Å². The summed E-state index contributed by atoms with van der Waals surface area (Å²) < 4.78 is 11.0. The van der Waals surface area contributed by atoms with Gasteiger partial charge in [-0.3, -0.25) is 4.79 Å². The second-order valence-corrected chi connectivity index (χ2v) is 9.07. The molecule has 2 fully saturated rings. The van der Waals surface area contributed by atoms with E-state index in [-0.39, 0.29) is 11.5 Å². The highest BCUT2D eigenvalue weighted by atomic mass is 16.5. The fourth-order valence-corrected chi connectivity index (χ4v) is 5.47. The van der Waals surface area contributed by atoms with E-state index in [1.807, 2.05) is 26.0 Å². The average Bonchev–Trinajstić information content (AvgIpc) is 2.78. The molecule has 6 nitrogen and oxygen atoms in total. The van der Waals surface area contributed by atoms with E-state index < -0.39 is 0 Å². The summed E-state index contributed by atoms with van der Waals surface area (Å²) in [5, 5.41) is 4.04. The van der Waals surface area contributed by atoms with E-state index in [0.717, 1.165) is 23.1 Å². The number of hydrogen-bond acceptors (Lipinski definition) is 5. The molecule has 31 heavy (non-hydrogen) atoms. The fraction of sp³-hybridized carbons (Fsp3) is 0.600. The van der Waals surface area contributed by atoms with Crippen LogP contribution in [0.3, 0.4) is 0 Å². The molecule has 0 aliphatic carbocycles. The molecule has 1 aromatic heterocycles. The number of aryl methyl sites for hydroxylation is 2. The van der Waals surface area contributed by atoms with Gasteiger partial charge in [0.15, 0.2) is 0 Å². The smallest absolute Gasteiger partial charge is 0.339 e. The number of carbonyl (C=O) groups is 1. The van der Waals surface area contributed by atoms with E-state index >= 15 is 0 Å². The first kappa shape index (κ1) is 21.9. The Labute approximate surface area is 183 Å². The molecule has 0 radical (unpaired) electrons. The topological polar surface area (TPSA) is 71.8 Å². The minimum absolute atomic E-state index is 0.0118. The van der Waals surface area contributed by atoms with Crippen LogP contribution in [0.2, 0.25) is 0 Å². The van der Waals surface area contributed by atoms with Crippen LogP contribution in [0.25, 0.3) is 11.0 Å². The Bertz CT molecular complexity index is 1010. The van der Waals surface area contributed by atoms with Crippen molar-refractivity contribution in [3.63, 3.8) is 0 Å². The highest BCUT2D eigenvalue weighted by molar-refractivity contribution is 5.85. The molecule has 2 atom stereocenters. The van der Waals surface area contributed by atoms with Crippen LogP contribution in [0.1, 0.15) is 55.2 Å². The van der Waals surface area contributed by atoms with Gasteiger partial charge < -0.3 is 19.4 Å². The second-order valence-electron chi connectivity index (χ2n) is 9.07. The minimum Gasteiger partial charge on any atom is -0.496 e. The molecule has 0 saturated carbocycles. The SMILES string of the molecule is COc1ccc2c(C)c(CCC(=O)NC[C@H]3CCCN4CCCC[C@H]34)c(=O)oc2c1C. The maximum atomic E-state index is 12.6. The summed E-state index contributed by atoms with van der Waals surface area (Å²) >= 11 is 0. The number of ether oxygens (including phenoxy) is 1. The quantitative estimate of drug-likeness (QED) is 0.713. The Morgan fingerprint density at radius 1 is 1.16 bits per heavy atom. The number of methoxy groups -OCH3 is 1. The Hall–Kier alpha value is -2.34. The van der Waals surface area contributed by atoms with Gasteiger partial charge in [0.25, 0.3) is 0 Å². The maximum Gasteiger partial charge on any atom is 0.339 e.